The number of nitrogens with zero attached hydrogens (tertiary/aromatic N) is 2. The number of aryl methyl sites for hydroxylation is 1. The third kappa shape index (κ3) is 3.58. The minimum Gasteiger partial charge on any atom is -0.307 e. The second kappa shape index (κ2) is 6.02. The van der Waals surface area contributed by atoms with Crippen molar-refractivity contribution in [2.45, 2.75) is 20.0 Å². The third-order valence-electron chi connectivity index (χ3n) is 2.46. The van der Waals surface area contributed by atoms with Crippen molar-refractivity contribution >= 4 is 15.9 Å². The van der Waals surface area contributed by atoms with Crippen LogP contribution >= 0.6 is 15.9 Å². The first-order chi connectivity index (χ1) is 8.65. The van der Waals surface area contributed by atoms with Gasteiger partial charge in [0.05, 0.1) is 11.4 Å². The normalized spacial score (nSPS) is 10.6. The number of hydrogen-bond acceptors (Lipinski definition) is 3. The van der Waals surface area contributed by atoms with Crippen LogP contribution in [0.15, 0.2) is 35.1 Å². The fourth-order valence-corrected chi connectivity index (χ4v) is 1.92. The lowest BCUT2D eigenvalue weighted by Gasteiger charge is -2.06. The molecule has 0 fully saturated rings. The molecular weight excluding hydrogens is 297 g/mol. The number of halogens is 2. The predicted octanol–water partition coefficient (Wildman–Crippen LogP) is 2.98. The number of hydrogen-bond donors (Lipinski definition) is 1. The minimum absolute atomic E-state index is 0.208. The van der Waals surface area contributed by atoms with Crippen molar-refractivity contribution in [2.75, 3.05) is 0 Å². The molecule has 5 heteroatoms. The Bertz CT molecular complexity index is 528. The Morgan fingerprint density at radius 2 is 2.06 bits per heavy atom. The molecule has 2 rings (SSSR count). The number of rotatable bonds is 4. The topological polar surface area (TPSA) is 37.8 Å². The van der Waals surface area contributed by atoms with Crippen molar-refractivity contribution in [1.29, 1.82) is 0 Å². The van der Waals surface area contributed by atoms with Gasteiger partial charge in [0.1, 0.15) is 5.82 Å². The van der Waals surface area contributed by atoms with E-state index in [2.05, 4.69) is 31.2 Å². The van der Waals surface area contributed by atoms with Gasteiger partial charge in [-0.05, 0) is 25.1 Å². The van der Waals surface area contributed by atoms with E-state index in [1.54, 1.807) is 24.5 Å². The summed E-state index contributed by atoms with van der Waals surface area (Å²) in [7, 11) is 0. The molecule has 0 spiro atoms. The quantitative estimate of drug-likeness (QED) is 0.943. The summed E-state index contributed by atoms with van der Waals surface area (Å²) >= 11 is 3.32. The Labute approximate surface area is 114 Å². The van der Waals surface area contributed by atoms with Gasteiger partial charge in [-0.15, -0.1) is 0 Å². The molecule has 2 aromatic rings. The van der Waals surface area contributed by atoms with Crippen LogP contribution in [0.1, 0.15) is 17.0 Å². The molecule has 0 saturated carbocycles. The molecule has 0 aliphatic heterocycles. The van der Waals surface area contributed by atoms with Gasteiger partial charge in [0, 0.05) is 35.5 Å². The van der Waals surface area contributed by atoms with Crippen LogP contribution in [0.4, 0.5) is 4.39 Å². The summed E-state index contributed by atoms with van der Waals surface area (Å²) in [5.41, 5.74) is 2.36. The zero-order chi connectivity index (χ0) is 13.0. The van der Waals surface area contributed by atoms with E-state index in [9.17, 15) is 4.39 Å². The molecule has 0 bridgehead atoms. The zero-order valence-corrected chi connectivity index (χ0v) is 11.5. The van der Waals surface area contributed by atoms with Gasteiger partial charge in [0.25, 0.3) is 0 Å². The van der Waals surface area contributed by atoms with Gasteiger partial charge >= 0.3 is 0 Å². The Morgan fingerprint density at radius 1 is 1.22 bits per heavy atom. The van der Waals surface area contributed by atoms with Gasteiger partial charge in [-0.3, -0.25) is 9.97 Å². The molecule has 0 amide bonds. The Morgan fingerprint density at radius 3 is 2.78 bits per heavy atom. The van der Waals surface area contributed by atoms with E-state index < -0.39 is 0 Å². The second-order valence-corrected chi connectivity index (χ2v) is 4.90. The van der Waals surface area contributed by atoms with Crippen LogP contribution in [0.3, 0.4) is 0 Å². The third-order valence-corrected chi connectivity index (χ3v) is 2.96. The van der Waals surface area contributed by atoms with Gasteiger partial charge < -0.3 is 5.32 Å². The molecule has 1 heterocycles. The fourth-order valence-electron chi connectivity index (χ4n) is 1.51. The van der Waals surface area contributed by atoms with Crippen molar-refractivity contribution in [2.24, 2.45) is 0 Å². The molecule has 0 saturated heterocycles. The highest BCUT2D eigenvalue weighted by atomic mass is 79.9. The molecular formula is C13H13BrFN3. The molecule has 0 atom stereocenters. The predicted molar refractivity (Wildman–Crippen MR) is 71.4 cm³/mol. The summed E-state index contributed by atoms with van der Waals surface area (Å²) in [6.07, 6.45) is 3.44. The fraction of sp³-hybridized carbons (Fsp3) is 0.231. The van der Waals surface area contributed by atoms with E-state index in [0.29, 0.717) is 18.7 Å². The standard InChI is InChI=1S/C13H13BrFN3/c1-9-5-18-12(8-17-9)7-16-6-10-4-11(14)2-3-13(10)15/h2-5,8,16H,6-7H2,1H3. The molecule has 18 heavy (non-hydrogen) atoms. The average molecular weight is 310 g/mol. The van der Waals surface area contributed by atoms with Gasteiger partial charge in [0.2, 0.25) is 0 Å². The average Bonchev–Trinajstić information content (AvgIpc) is 2.36. The Hall–Kier alpha value is -1.33. The monoisotopic (exact) mass is 309 g/mol. The van der Waals surface area contributed by atoms with Gasteiger partial charge in [-0.1, -0.05) is 15.9 Å². The van der Waals surface area contributed by atoms with Crippen molar-refractivity contribution in [3.8, 4) is 0 Å². The lowest BCUT2D eigenvalue weighted by atomic mass is 10.2. The van der Waals surface area contributed by atoms with Crippen molar-refractivity contribution < 1.29 is 4.39 Å². The van der Waals surface area contributed by atoms with E-state index in [1.165, 1.54) is 6.07 Å². The lowest BCUT2D eigenvalue weighted by molar-refractivity contribution is 0.585. The highest BCUT2D eigenvalue weighted by molar-refractivity contribution is 9.10. The zero-order valence-electron chi connectivity index (χ0n) is 9.95. The summed E-state index contributed by atoms with van der Waals surface area (Å²) in [4.78, 5) is 8.37. The van der Waals surface area contributed by atoms with Crippen LogP contribution in [-0.4, -0.2) is 9.97 Å². The maximum absolute atomic E-state index is 13.5. The van der Waals surface area contributed by atoms with Crippen LogP contribution in [0.5, 0.6) is 0 Å². The molecule has 1 N–H and O–H groups in total. The molecule has 0 aliphatic carbocycles. The summed E-state index contributed by atoms with van der Waals surface area (Å²) < 4.78 is 14.3. The van der Waals surface area contributed by atoms with Crippen molar-refractivity contribution in [1.82, 2.24) is 15.3 Å². The highest BCUT2D eigenvalue weighted by Crippen LogP contribution is 2.15. The largest absolute Gasteiger partial charge is 0.307 e. The Balaban J connectivity index is 1.92. The summed E-state index contributed by atoms with van der Waals surface area (Å²) in [5, 5.41) is 3.14. The molecule has 1 aromatic heterocycles. The van der Waals surface area contributed by atoms with E-state index in [1.807, 2.05) is 6.92 Å². The van der Waals surface area contributed by atoms with E-state index in [-0.39, 0.29) is 5.82 Å². The smallest absolute Gasteiger partial charge is 0.127 e. The highest BCUT2D eigenvalue weighted by Gasteiger charge is 2.02. The molecule has 3 nitrogen and oxygen atoms in total. The molecule has 1 aromatic carbocycles. The molecule has 94 valence electrons. The first-order valence-corrected chi connectivity index (χ1v) is 6.36. The number of benzene rings is 1. The first kappa shape index (κ1) is 13.1. The molecule has 0 radical (unpaired) electrons. The number of nitrogens with one attached hydrogen (secondary N) is 1. The lowest BCUT2D eigenvalue weighted by Crippen LogP contribution is -2.15. The SMILES string of the molecule is Cc1cnc(CNCc2cc(Br)ccc2F)cn1. The maximum atomic E-state index is 13.5. The first-order valence-electron chi connectivity index (χ1n) is 5.57. The van der Waals surface area contributed by atoms with Crippen LogP contribution in [-0.2, 0) is 13.1 Å². The van der Waals surface area contributed by atoms with Crippen LogP contribution < -0.4 is 5.32 Å². The van der Waals surface area contributed by atoms with Gasteiger partial charge in [-0.2, -0.15) is 0 Å². The van der Waals surface area contributed by atoms with E-state index in [0.717, 1.165) is 15.9 Å². The minimum atomic E-state index is -0.208. The van der Waals surface area contributed by atoms with Crippen molar-refractivity contribution in [3.63, 3.8) is 0 Å². The summed E-state index contributed by atoms with van der Waals surface area (Å²) in [5.74, 6) is -0.208. The van der Waals surface area contributed by atoms with Crippen molar-refractivity contribution in [3.05, 3.63) is 57.8 Å². The molecule has 0 aliphatic rings. The molecule has 0 unspecified atom stereocenters. The summed E-state index contributed by atoms with van der Waals surface area (Å²) in [6.45, 7) is 2.92. The maximum Gasteiger partial charge on any atom is 0.127 e. The van der Waals surface area contributed by atoms with Crippen LogP contribution in [0.2, 0.25) is 0 Å². The van der Waals surface area contributed by atoms with Crippen LogP contribution in [0.25, 0.3) is 0 Å². The second-order valence-electron chi connectivity index (χ2n) is 3.99. The number of aromatic nitrogens is 2. The summed E-state index contributed by atoms with van der Waals surface area (Å²) in [6, 6.07) is 4.90. The Kier molecular flexibility index (Phi) is 4.38. The van der Waals surface area contributed by atoms with Gasteiger partial charge in [-0.25, -0.2) is 4.39 Å². The van der Waals surface area contributed by atoms with Crippen LogP contribution in [0, 0.1) is 12.7 Å². The van der Waals surface area contributed by atoms with E-state index in [4.69, 9.17) is 0 Å². The van der Waals surface area contributed by atoms with E-state index >= 15 is 0 Å². The van der Waals surface area contributed by atoms with Gasteiger partial charge in [0.15, 0.2) is 0 Å².